The quantitative estimate of drug-likeness (QED) is 0.693. The minimum Gasteiger partial charge on any atom is -0.461 e. The topological polar surface area (TPSA) is 39.1 Å². The smallest absolute Gasteiger partial charge is 0.199 e. The van der Waals surface area contributed by atoms with Crippen LogP contribution in [0.1, 0.15) is 11.1 Å². The Bertz CT molecular complexity index is 878. The third kappa shape index (κ3) is 2.64. The van der Waals surface area contributed by atoms with Gasteiger partial charge in [0.1, 0.15) is 0 Å². The van der Waals surface area contributed by atoms with Crippen LogP contribution in [0.5, 0.6) is 0 Å². The summed E-state index contributed by atoms with van der Waals surface area (Å²) in [4.78, 5) is 2.37. The molecule has 0 spiro atoms. The summed E-state index contributed by atoms with van der Waals surface area (Å²) in [5, 5.41) is 4.64. The number of hydrogen-bond donors (Lipinski definition) is 0. The lowest BCUT2D eigenvalue weighted by molar-refractivity contribution is 0.188. The van der Waals surface area contributed by atoms with Crippen LogP contribution in [-0.2, 0) is 26.7 Å². The van der Waals surface area contributed by atoms with E-state index in [2.05, 4.69) is 34.3 Å². The molecule has 0 fully saturated rings. The van der Waals surface area contributed by atoms with E-state index < -0.39 is 0 Å². The van der Waals surface area contributed by atoms with Gasteiger partial charge in [-0.3, -0.25) is 4.90 Å². The lowest BCUT2D eigenvalue weighted by Crippen LogP contribution is -2.32. The number of hydrogen-bond acceptors (Lipinski definition) is 4. The van der Waals surface area contributed by atoms with Gasteiger partial charge in [-0.1, -0.05) is 24.3 Å². The highest BCUT2D eigenvalue weighted by atomic mass is 32.1. The monoisotopic (exact) mass is 326 g/mol. The Morgan fingerprint density at radius 3 is 2.78 bits per heavy atom. The van der Waals surface area contributed by atoms with Crippen LogP contribution in [0.2, 0.25) is 0 Å². The number of fused-ring (bicyclic) bond motifs is 1. The summed E-state index contributed by atoms with van der Waals surface area (Å²) < 4.78 is 9.92. The Hall–Kier alpha value is -2.18. The second-order valence-electron chi connectivity index (χ2n) is 5.85. The van der Waals surface area contributed by atoms with E-state index in [4.69, 9.17) is 16.6 Å². The fraction of sp³-hybridized carbons (Fsp3) is 0.294. The summed E-state index contributed by atoms with van der Waals surface area (Å²) in [5.41, 5.74) is 2.84. The molecule has 0 N–H and O–H groups in total. The fourth-order valence-corrected chi connectivity index (χ4v) is 3.25. The molecular formula is C17H18N4OS. The van der Waals surface area contributed by atoms with E-state index in [0.717, 1.165) is 31.1 Å². The summed E-state index contributed by atoms with van der Waals surface area (Å²) in [6, 6.07) is 12.4. The number of furan rings is 1. The van der Waals surface area contributed by atoms with Crippen molar-refractivity contribution in [2.45, 2.75) is 19.6 Å². The lowest BCUT2D eigenvalue weighted by Gasteiger charge is -2.28. The van der Waals surface area contributed by atoms with Crippen molar-refractivity contribution in [1.82, 2.24) is 19.2 Å². The zero-order valence-electron chi connectivity index (χ0n) is 13.0. The summed E-state index contributed by atoms with van der Waals surface area (Å²) in [5.74, 6) is 1.50. The van der Waals surface area contributed by atoms with E-state index in [1.165, 1.54) is 11.1 Å². The Kier molecular flexibility index (Phi) is 3.63. The molecule has 0 unspecified atom stereocenters. The van der Waals surface area contributed by atoms with Crippen molar-refractivity contribution in [3.8, 4) is 11.6 Å². The highest BCUT2D eigenvalue weighted by Gasteiger charge is 2.18. The van der Waals surface area contributed by atoms with Crippen molar-refractivity contribution in [1.29, 1.82) is 0 Å². The van der Waals surface area contributed by atoms with Crippen LogP contribution < -0.4 is 0 Å². The maximum absolute atomic E-state index is 5.53. The summed E-state index contributed by atoms with van der Waals surface area (Å²) in [7, 11) is 1.93. The molecule has 6 heteroatoms. The van der Waals surface area contributed by atoms with Gasteiger partial charge >= 0.3 is 0 Å². The van der Waals surface area contributed by atoms with Crippen molar-refractivity contribution in [2.24, 2.45) is 7.05 Å². The number of aromatic nitrogens is 3. The van der Waals surface area contributed by atoms with Crippen molar-refractivity contribution >= 4 is 12.2 Å². The molecule has 1 aliphatic heterocycles. The van der Waals surface area contributed by atoms with Gasteiger partial charge in [-0.05, 0) is 41.9 Å². The van der Waals surface area contributed by atoms with Gasteiger partial charge in [-0.15, -0.1) is 5.10 Å². The third-order valence-corrected chi connectivity index (χ3v) is 4.81. The Labute approximate surface area is 139 Å². The van der Waals surface area contributed by atoms with E-state index >= 15 is 0 Å². The van der Waals surface area contributed by atoms with Crippen LogP contribution in [0.15, 0.2) is 47.1 Å². The first kappa shape index (κ1) is 14.4. The largest absolute Gasteiger partial charge is 0.461 e. The standard InChI is InChI=1S/C17H18N4OS/c1-19-16(15-7-4-10-22-15)18-21(17(19)23)12-20-9-8-13-5-2-3-6-14(13)11-20/h2-7,10H,8-9,11-12H2,1H3. The predicted octanol–water partition coefficient (Wildman–Crippen LogP) is 3.23. The maximum Gasteiger partial charge on any atom is 0.199 e. The van der Waals surface area contributed by atoms with Crippen LogP contribution in [-0.4, -0.2) is 25.8 Å². The summed E-state index contributed by atoms with van der Waals surface area (Å²) in [6.45, 7) is 2.65. The highest BCUT2D eigenvalue weighted by molar-refractivity contribution is 7.71. The number of rotatable bonds is 3. The van der Waals surface area contributed by atoms with Crippen LogP contribution in [0.3, 0.4) is 0 Å². The molecule has 3 aromatic rings. The third-order valence-electron chi connectivity index (χ3n) is 4.33. The van der Waals surface area contributed by atoms with E-state index in [9.17, 15) is 0 Å². The average Bonchev–Trinajstić information content (AvgIpc) is 3.19. The van der Waals surface area contributed by atoms with Gasteiger partial charge in [-0.25, -0.2) is 4.68 Å². The normalized spacial score (nSPS) is 14.8. The maximum atomic E-state index is 5.53. The second kappa shape index (κ2) is 5.79. The predicted molar refractivity (Wildman–Crippen MR) is 90.3 cm³/mol. The van der Waals surface area contributed by atoms with Crippen LogP contribution in [0.4, 0.5) is 0 Å². The summed E-state index contributed by atoms with van der Waals surface area (Å²) in [6.07, 6.45) is 2.72. The Morgan fingerprint density at radius 1 is 1.17 bits per heavy atom. The lowest BCUT2D eigenvalue weighted by atomic mass is 10.0. The summed E-state index contributed by atoms with van der Waals surface area (Å²) >= 11 is 5.53. The number of nitrogens with zero attached hydrogens (tertiary/aromatic N) is 4. The molecule has 1 aliphatic rings. The van der Waals surface area contributed by atoms with Crippen molar-refractivity contribution in [2.75, 3.05) is 6.54 Å². The number of benzene rings is 1. The SMILES string of the molecule is Cn1c(-c2ccco2)nn(CN2CCc3ccccc3C2)c1=S. The van der Waals surface area contributed by atoms with Crippen LogP contribution in [0, 0.1) is 4.77 Å². The van der Waals surface area contributed by atoms with Crippen molar-refractivity contribution in [3.05, 3.63) is 58.6 Å². The fourth-order valence-electron chi connectivity index (χ4n) is 3.06. The first-order chi connectivity index (χ1) is 11.2. The van der Waals surface area contributed by atoms with Gasteiger partial charge in [0.2, 0.25) is 0 Å². The average molecular weight is 326 g/mol. The molecule has 0 saturated carbocycles. The van der Waals surface area contributed by atoms with E-state index in [-0.39, 0.29) is 0 Å². The minimum atomic E-state index is 0.696. The zero-order chi connectivity index (χ0) is 15.8. The molecule has 118 valence electrons. The van der Waals surface area contributed by atoms with Crippen LogP contribution >= 0.6 is 12.2 Å². The van der Waals surface area contributed by atoms with E-state index in [1.807, 2.05) is 28.4 Å². The second-order valence-corrected chi connectivity index (χ2v) is 6.22. The van der Waals surface area contributed by atoms with Gasteiger partial charge < -0.3 is 8.98 Å². The minimum absolute atomic E-state index is 0.696. The Morgan fingerprint density at radius 2 is 2.00 bits per heavy atom. The molecule has 0 bridgehead atoms. The van der Waals surface area contributed by atoms with E-state index in [0.29, 0.717) is 11.4 Å². The molecule has 0 radical (unpaired) electrons. The van der Waals surface area contributed by atoms with Gasteiger partial charge in [0, 0.05) is 20.1 Å². The zero-order valence-corrected chi connectivity index (χ0v) is 13.8. The van der Waals surface area contributed by atoms with Crippen molar-refractivity contribution in [3.63, 3.8) is 0 Å². The van der Waals surface area contributed by atoms with E-state index in [1.54, 1.807) is 6.26 Å². The molecule has 2 aromatic heterocycles. The first-order valence-electron chi connectivity index (χ1n) is 7.69. The van der Waals surface area contributed by atoms with Gasteiger partial charge in [0.25, 0.3) is 0 Å². The molecule has 0 atom stereocenters. The van der Waals surface area contributed by atoms with Gasteiger partial charge in [0.15, 0.2) is 16.4 Å². The molecule has 0 saturated heterocycles. The molecule has 23 heavy (non-hydrogen) atoms. The molecule has 0 aliphatic carbocycles. The van der Waals surface area contributed by atoms with Crippen LogP contribution in [0.25, 0.3) is 11.6 Å². The molecule has 4 rings (SSSR count). The van der Waals surface area contributed by atoms with Gasteiger partial charge in [-0.2, -0.15) is 0 Å². The Balaban J connectivity index is 1.59. The first-order valence-corrected chi connectivity index (χ1v) is 8.10. The molecular weight excluding hydrogens is 308 g/mol. The molecule has 5 nitrogen and oxygen atoms in total. The van der Waals surface area contributed by atoms with Gasteiger partial charge in [0.05, 0.1) is 12.9 Å². The van der Waals surface area contributed by atoms with Crippen molar-refractivity contribution < 1.29 is 4.42 Å². The molecule has 1 aromatic carbocycles. The molecule has 0 amide bonds. The highest BCUT2D eigenvalue weighted by Crippen LogP contribution is 2.21. The molecule has 3 heterocycles.